The number of aliphatic imine (C=N–C) groups is 1. The third-order valence-electron chi connectivity index (χ3n) is 5.88. The summed E-state index contributed by atoms with van der Waals surface area (Å²) in [6, 6.07) is 8.73. The largest absolute Gasteiger partial charge is 0.497 e. The minimum atomic E-state index is 0.284. The molecular weight excluding hydrogens is 404 g/mol. The predicted molar refractivity (Wildman–Crippen MR) is 127 cm³/mol. The van der Waals surface area contributed by atoms with Crippen LogP contribution in [0.2, 0.25) is 0 Å². The van der Waals surface area contributed by atoms with Gasteiger partial charge in [0.2, 0.25) is 5.89 Å². The summed E-state index contributed by atoms with van der Waals surface area (Å²) in [7, 11) is 3.52. The van der Waals surface area contributed by atoms with E-state index >= 15 is 0 Å². The molecule has 1 aliphatic heterocycles. The van der Waals surface area contributed by atoms with Crippen LogP contribution in [-0.4, -0.2) is 61.3 Å². The average molecular weight is 443 g/mol. The van der Waals surface area contributed by atoms with Crippen molar-refractivity contribution in [3.63, 3.8) is 0 Å². The number of nitrogens with one attached hydrogen (secondary N) is 2. The Kier molecular flexibility index (Phi) is 9.34. The number of ether oxygens (including phenoxy) is 1. The van der Waals surface area contributed by atoms with Gasteiger partial charge in [-0.1, -0.05) is 37.6 Å². The van der Waals surface area contributed by atoms with Crippen molar-refractivity contribution in [1.82, 2.24) is 25.7 Å². The Morgan fingerprint density at radius 1 is 1.16 bits per heavy atom. The number of nitrogens with zero attached hydrogens (tertiary/aromatic N) is 4. The van der Waals surface area contributed by atoms with E-state index in [1.54, 1.807) is 7.11 Å². The molecule has 1 unspecified atom stereocenters. The van der Waals surface area contributed by atoms with Gasteiger partial charge in [-0.2, -0.15) is 4.98 Å². The van der Waals surface area contributed by atoms with E-state index in [1.165, 1.54) is 24.8 Å². The van der Waals surface area contributed by atoms with Crippen LogP contribution in [0, 0.1) is 0 Å². The number of aromatic nitrogens is 2. The van der Waals surface area contributed by atoms with Crippen LogP contribution < -0.4 is 15.4 Å². The Bertz CT molecular complexity index is 827. The van der Waals surface area contributed by atoms with Crippen LogP contribution in [0.3, 0.4) is 0 Å². The molecule has 0 radical (unpaired) electrons. The summed E-state index contributed by atoms with van der Waals surface area (Å²) >= 11 is 0. The molecule has 32 heavy (non-hydrogen) atoms. The molecule has 0 aliphatic carbocycles. The van der Waals surface area contributed by atoms with Crippen LogP contribution in [0.5, 0.6) is 5.75 Å². The molecule has 0 amide bonds. The van der Waals surface area contributed by atoms with Crippen molar-refractivity contribution in [2.45, 2.75) is 57.9 Å². The molecule has 0 spiro atoms. The van der Waals surface area contributed by atoms with E-state index in [1.807, 2.05) is 19.2 Å². The number of likely N-dealkylation sites (tertiary alicyclic amines) is 1. The summed E-state index contributed by atoms with van der Waals surface area (Å²) in [5.74, 6) is 3.45. The zero-order valence-corrected chi connectivity index (χ0v) is 19.9. The Morgan fingerprint density at radius 3 is 2.53 bits per heavy atom. The molecular formula is C24H38N6O2. The fraction of sp³-hybridized carbons (Fsp3) is 0.625. The summed E-state index contributed by atoms with van der Waals surface area (Å²) in [6.45, 7) is 7.98. The fourth-order valence-electron chi connectivity index (χ4n) is 3.98. The average Bonchev–Trinajstić information content (AvgIpc) is 3.31. The monoisotopic (exact) mass is 442 g/mol. The number of rotatable bonds is 10. The van der Waals surface area contributed by atoms with Crippen LogP contribution in [-0.2, 0) is 6.42 Å². The highest BCUT2D eigenvalue weighted by atomic mass is 16.5. The number of hydrogen-bond acceptors (Lipinski definition) is 6. The molecule has 1 saturated heterocycles. The molecule has 176 valence electrons. The van der Waals surface area contributed by atoms with Crippen molar-refractivity contribution in [2.75, 3.05) is 40.3 Å². The third-order valence-corrected chi connectivity index (χ3v) is 5.88. The first-order valence-corrected chi connectivity index (χ1v) is 11.8. The van der Waals surface area contributed by atoms with Gasteiger partial charge in [-0.25, -0.2) is 0 Å². The van der Waals surface area contributed by atoms with Crippen molar-refractivity contribution in [3.05, 3.63) is 41.5 Å². The first-order chi connectivity index (χ1) is 15.6. The lowest BCUT2D eigenvalue weighted by molar-refractivity contribution is 0.164. The lowest BCUT2D eigenvalue weighted by atomic mass is 10.0. The molecule has 1 aliphatic rings. The number of aryl methyl sites for hydroxylation is 1. The maximum Gasteiger partial charge on any atom is 0.226 e. The van der Waals surface area contributed by atoms with Gasteiger partial charge in [0.15, 0.2) is 11.8 Å². The van der Waals surface area contributed by atoms with Crippen LogP contribution >= 0.6 is 0 Å². The van der Waals surface area contributed by atoms with E-state index < -0.39 is 0 Å². The standard InChI is InChI=1S/C24H38N6O2/c1-18(2)23-28-22(32-29-23)9-8-14-26-24(25-3)27-17-21(30-15-6-5-7-16-30)19-10-12-20(31-4)13-11-19/h10-13,18,21H,5-9,14-17H2,1-4H3,(H2,25,26,27). The van der Waals surface area contributed by atoms with Crippen molar-refractivity contribution < 1.29 is 9.26 Å². The first-order valence-electron chi connectivity index (χ1n) is 11.8. The fourth-order valence-corrected chi connectivity index (χ4v) is 3.98. The third kappa shape index (κ3) is 6.95. The van der Waals surface area contributed by atoms with E-state index in [2.05, 4.69) is 56.6 Å². The molecule has 2 aromatic rings. The maximum atomic E-state index is 5.34. The lowest BCUT2D eigenvalue weighted by Crippen LogP contribution is -2.44. The van der Waals surface area contributed by atoms with Gasteiger partial charge in [0.05, 0.1) is 13.2 Å². The predicted octanol–water partition coefficient (Wildman–Crippen LogP) is 3.53. The summed E-state index contributed by atoms with van der Waals surface area (Å²) < 4.78 is 10.7. The summed E-state index contributed by atoms with van der Waals surface area (Å²) in [5, 5.41) is 11.0. The van der Waals surface area contributed by atoms with Gasteiger partial charge in [0.1, 0.15) is 5.75 Å². The smallest absolute Gasteiger partial charge is 0.226 e. The molecule has 2 N–H and O–H groups in total. The van der Waals surface area contributed by atoms with Crippen LogP contribution in [0.4, 0.5) is 0 Å². The molecule has 1 aromatic carbocycles. The molecule has 1 aromatic heterocycles. The second-order valence-corrected chi connectivity index (χ2v) is 8.57. The van der Waals surface area contributed by atoms with E-state index in [9.17, 15) is 0 Å². The zero-order valence-electron chi connectivity index (χ0n) is 19.9. The highest BCUT2D eigenvalue weighted by molar-refractivity contribution is 5.79. The van der Waals surface area contributed by atoms with E-state index in [-0.39, 0.29) is 5.92 Å². The topological polar surface area (TPSA) is 87.8 Å². The number of methoxy groups -OCH3 is 1. The van der Waals surface area contributed by atoms with Crippen molar-refractivity contribution in [2.24, 2.45) is 4.99 Å². The number of benzene rings is 1. The summed E-state index contributed by atoms with van der Waals surface area (Å²) in [6.07, 6.45) is 5.49. The lowest BCUT2D eigenvalue weighted by Gasteiger charge is -2.35. The molecule has 3 rings (SSSR count). The highest BCUT2D eigenvalue weighted by Gasteiger charge is 2.22. The first kappa shape index (κ1) is 24.0. The number of guanidine groups is 1. The second-order valence-electron chi connectivity index (χ2n) is 8.57. The molecule has 8 heteroatoms. The molecule has 2 heterocycles. The number of hydrogen-bond donors (Lipinski definition) is 2. The quantitative estimate of drug-likeness (QED) is 0.331. The summed E-state index contributed by atoms with van der Waals surface area (Å²) in [5.41, 5.74) is 1.30. The molecule has 8 nitrogen and oxygen atoms in total. The van der Waals surface area contributed by atoms with E-state index in [0.717, 1.165) is 56.6 Å². The highest BCUT2D eigenvalue weighted by Crippen LogP contribution is 2.25. The number of piperidine rings is 1. The van der Waals surface area contributed by atoms with Crippen LogP contribution in [0.15, 0.2) is 33.8 Å². The second kappa shape index (κ2) is 12.4. The molecule has 0 bridgehead atoms. The van der Waals surface area contributed by atoms with Crippen LogP contribution in [0.1, 0.15) is 68.8 Å². The van der Waals surface area contributed by atoms with Crippen molar-refractivity contribution >= 4 is 5.96 Å². The Morgan fingerprint density at radius 2 is 1.91 bits per heavy atom. The van der Waals surface area contributed by atoms with Gasteiger partial charge < -0.3 is 19.9 Å². The SMILES string of the molecule is CN=C(NCCCc1nc(C(C)C)no1)NCC(c1ccc(OC)cc1)N1CCCCC1. The van der Waals surface area contributed by atoms with Crippen LogP contribution in [0.25, 0.3) is 0 Å². The van der Waals surface area contributed by atoms with Gasteiger partial charge in [-0.3, -0.25) is 9.89 Å². The van der Waals surface area contributed by atoms with Crippen molar-refractivity contribution in [1.29, 1.82) is 0 Å². The Labute approximate surface area is 191 Å². The normalized spacial score (nSPS) is 16.2. The molecule has 1 atom stereocenters. The van der Waals surface area contributed by atoms with Crippen molar-refractivity contribution in [3.8, 4) is 5.75 Å². The minimum absolute atomic E-state index is 0.284. The minimum Gasteiger partial charge on any atom is -0.497 e. The summed E-state index contributed by atoms with van der Waals surface area (Å²) in [4.78, 5) is 11.4. The van der Waals surface area contributed by atoms with Gasteiger partial charge >= 0.3 is 0 Å². The maximum absolute atomic E-state index is 5.34. The zero-order chi connectivity index (χ0) is 22.8. The van der Waals surface area contributed by atoms with Gasteiger partial charge in [0, 0.05) is 32.5 Å². The van der Waals surface area contributed by atoms with Gasteiger partial charge in [-0.05, 0) is 50.0 Å². The van der Waals surface area contributed by atoms with Gasteiger partial charge in [0.25, 0.3) is 0 Å². The molecule has 0 saturated carbocycles. The van der Waals surface area contributed by atoms with E-state index in [4.69, 9.17) is 9.26 Å². The Balaban J connectivity index is 1.51. The van der Waals surface area contributed by atoms with Gasteiger partial charge in [-0.15, -0.1) is 0 Å². The molecule has 1 fully saturated rings. The Hall–Kier alpha value is -2.61. The van der Waals surface area contributed by atoms with E-state index in [0.29, 0.717) is 11.9 Å².